The lowest BCUT2D eigenvalue weighted by atomic mass is 10.0. The lowest BCUT2D eigenvalue weighted by Gasteiger charge is -2.16. The lowest BCUT2D eigenvalue weighted by molar-refractivity contribution is -0.131. The van der Waals surface area contributed by atoms with Gasteiger partial charge in [-0.15, -0.1) is 0 Å². The van der Waals surface area contributed by atoms with E-state index in [4.69, 9.17) is 4.74 Å². The SMILES string of the molecule is Cc1[nH]nc2nccc(Oc3ccc(NC(=O)C4(C(=O)Nc5ccc(F)cc5)CC4)cc3C#N)c12. The van der Waals surface area contributed by atoms with Gasteiger partial charge in [-0.3, -0.25) is 14.7 Å². The van der Waals surface area contributed by atoms with Gasteiger partial charge in [-0.25, -0.2) is 9.37 Å². The van der Waals surface area contributed by atoms with E-state index >= 15 is 0 Å². The van der Waals surface area contributed by atoms with Gasteiger partial charge in [0, 0.05) is 23.3 Å². The number of nitrogens with one attached hydrogen (secondary N) is 3. The third-order valence-electron chi connectivity index (χ3n) is 5.90. The minimum atomic E-state index is -1.21. The van der Waals surface area contributed by atoms with Gasteiger partial charge in [-0.1, -0.05) is 0 Å². The highest BCUT2D eigenvalue weighted by atomic mass is 19.1. The van der Waals surface area contributed by atoms with Crippen molar-refractivity contribution in [2.24, 2.45) is 5.41 Å². The van der Waals surface area contributed by atoms with Crippen LogP contribution in [0.5, 0.6) is 11.5 Å². The molecule has 1 saturated carbocycles. The topological polar surface area (TPSA) is 133 Å². The zero-order valence-corrected chi connectivity index (χ0v) is 18.6. The maximum absolute atomic E-state index is 13.1. The number of aromatic nitrogens is 3. The van der Waals surface area contributed by atoms with Crippen LogP contribution in [0.2, 0.25) is 0 Å². The Morgan fingerprint density at radius 3 is 2.43 bits per heavy atom. The van der Waals surface area contributed by atoms with Crippen LogP contribution in [-0.2, 0) is 9.59 Å². The smallest absolute Gasteiger partial charge is 0.240 e. The zero-order chi connectivity index (χ0) is 24.6. The van der Waals surface area contributed by atoms with E-state index in [0.29, 0.717) is 46.7 Å². The highest BCUT2D eigenvalue weighted by molar-refractivity contribution is 6.17. The lowest BCUT2D eigenvalue weighted by Crippen LogP contribution is -2.35. The minimum Gasteiger partial charge on any atom is -0.455 e. The molecule has 0 unspecified atom stereocenters. The Morgan fingerprint density at radius 2 is 1.74 bits per heavy atom. The first-order chi connectivity index (χ1) is 16.9. The van der Waals surface area contributed by atoms with Crippen LogP contribution in [0.25, 0.3) is 11.0 Å². The predicted octanol–water partition coefficient (Wildman–Crippen LogP) is 4.43. The minimum absolute atomic E-state index is 0.203. The number of aryl methyl sites for hydroxylation is 1. The molecule has 1 fully saturated rings. The molecule has 2 heterocycles. The second-order valence-electron chi connectivity index (χ2n) is 8.28. The molecule has 10 heteroatoms. The summed E-state index contributed by atoms with van der Waals surface area (Å²) in [5, 5.41) is 22.7. The van der Waals surface area contributed by atoms with E-state index in [-0.39, 0.29) is 5.56 Å². The van der Waals surface area contributed by atoms with E-state index in [2.05, 4.69) is 31.9 Å². The maximum Gasteiger partial charge on any atom is 0.240 e. The summed E-state index contributed by atoms with van der Waals surface area (Å²) in [5.74, 6) is -0.563. The molecule has 35 heavy (non-hydrogen) atoms. The molecule has 0 spiro atoms. The summed E-state index contributed by atoms with van der Waals surface area (Å²) < 4.78 is 19.1. The van der Waals surface area contributed by atoms with Crippen molar-refractivity contribution < 1.29 is 18.7 Å². The summed E-state index contributed by atoms with van der Waals surface area (Å²) in [6.45, 7) is 1.84. The van der Waals surface area contributed by atoms with E-state index in [1.807, 2.05) is 6.92 Å². The number of carbonyl (C=O) groups excluding carboxylic acids is 2. The highest BCUT2D eigenvalue weighted by Gasteiger charge is 2.56. The molecule has 0 bridgehead atoms. The molecule has 4 aromatic rings. The molecular weight excluding hydrogens is 451 g/mol. The molecular formula is C25H19FN6O3. The van der Waals surface area contributed by atoms with Gasteiger partial charge in [-0.2, -0.15) is 10.4 Å². The summed E-state index contributed by atoms with van der Waals surface area (Å²) in [7, 11) is 0. The van der Waals surface area contributed by atoms with Crippen molar-refractivity contribution in [3.8, 4) is 17.6 Å². The highest BCUT2D eigenvalue weighted by Crippen LogP contribution is 2.47. The molecule has 1 aliphatic rings. The number of hydrogen-bond donors (Lipinski definition) is 3. The molecule has 9 nitrogen and oxygen atoms in total. The monoisotopic (exact) mass is 470 g/mol. The summed E-state index contributed by atoms with van der Waals surface area (Å²) in [4.78, 5) is 29.9. The number of ether oxygens (including phenoxy) is 1. The normalized spacial score (nSPS) is 13.6. The quantitative estimate of drug-likeness (QED) is 0.357. The number of aromatic amines is 1. The molecule has 2 amide bonds. The molecule has 0 aliphatic heterocycles. The molecule has 2 aromatic carbocycles. The summed E-state index contributed by atoms with van der Waals surface area (Å²) in [5.41, 5.74) is 1.03. The summed E-state index contributed by atoms with van der Waals surface area (Å²) in [6, 6.07) is 13.7. The molecule has 0 atom stereocenters. The Morgan fingerprint density at radius 1 is 1.06 bits per heavy atom. The summed E-state index contributed by atoms with van der Waals surface area (Å²) >= 11 is 0. The third kappa shape index (κ3) is 4.15. The fourth-order valence-electron chi connectivity index (χ4n) is 3.77. The number of nitriles is 1. The van der Waals surface area contributed by atoms with E-state index in [0.717, 1.165) is 5.69 Å². The van der Waals surface area contributed by atoms with Crippen LogP contribution in [0.15, 0.2) is 54.7 Å². The van der Waals surface area contributed by atoms with Gasteiger partial charge >= 0.3 is 0 Å². The largest absolute Gasteiger partial charge is 0.455 e. The molecule has 0 saturated heterocycles. The number of carbonyl (C=O) groups is 2. The number of halogens is 1. The third-order valence-corrected chi connectivity index (χ3v) is 5.90. The van der Waals surface area contributed by atoms with Gasteiger partial charge < -0.3 is 15.4 Å². The van der Waals surface area contributed by atoms with Gasteiger partial charge in [-0.05, 0) is 68.3 Å². The average molecular weight is 470 g/mol. The fourth-order valence-corrected chi connectivity index (χ4v) is 3.77. The standard InChI is InChI=1S/C25H19FN6O3/c1-14-21-20(8-11-28-22(21)32-31-14)35-19-7-6-18(12-15(19)13-27)30-24(34)25(9-10-25)23(33)29-17-4-2-16(26)3-5-17/h2-8,11-12H,9-10H2,1H3,(H,29,33)(H,30,34)(H,28,31,32). The molecule has 1 aliphatic carbocycles. The Hall–Kier alpha value is -4.78. The average Bonchev–Trinajstić information content (AvgIpc) is 3.59. The van der Waals surface area contributed by atoms with Crippen LogP contribution in [0.1, 0.15) is 24.1 Å². The van der Waals surface area contributed by atoms with Gasteiger partial charge in [0.2, 0.25) is 11.8 Å². The predicted molar refractivity (Wildman–Crippen MR) is 125 cm³/mol. The molecule has 174 valence electrons. The van der Waals surface area contributed by atoms with Crippen LogP contribution < -0.4 is 15.4 Å². The van der Waals surface area contributed by atoms with Crippen LogP contribution in [0, 0.1) is 29.5 Å². The molecule has 2 aromatic heterocycles. The second-order valence-corrected chi connectivity index (χ2v) is 8.28. The fraction of sp³-hybridized carbons (Fsp3) is 0.160. The van der Waals surface area contributed by atoms with Crippen LogP contribution in [0.4, 0.5) is 15.8 Å². The van der Waals surface area contributed by atoms with Gasteiger partial charge in [0.25, 0.3) is 0 Å². The van der Waals surface area contributed by atoms with E-state index < -0.39 is 23.0 Å². The number of rotatable bonds is 6. The first-order valence-corrected chi connectivity index (χ1v) is 10.8. The number of H-pyrrole nitrogens is 1. The van der Waals surface area contributed by atoms with Crippen molar-refractivity contribution in [3.63, 3.8) is 0 Å². The van der Waals surface area contributed by atoms with Gasteiger partial charge in [0.1, 0.15) is 28.8 Å². The van der Waals surface area contributed by atoms with Crippen LogP contribution >= 0.6 is 0 Å². The summed E-state index contributed by atoms with van der Waals surface area (Å²) in [6.07, 6.45) is 2.34. The van der Waals surface area contributed by atoms with E-state index in [1.165, 1.54) is 30.3 Å². The Labute approximate surface area is 198 Å². The van der Waals surface area contributed by atoms with Crippen molar-refractivity contribution >= 4 is 34.2 Å². The zero-order valence-electron chi connectivity index (χ0n) is 18.6. The van der Waals surface area contributed by atoms with Crippen LogP contribution in [0.3, 0.4) is 0 Å². The number of nitrogens with zero attached hydrogens (tertiary/aromatic N) is 3. The van der Waals surface area contributed by atoms with Crippen LogP contribution in [-0.4, -0.2) is 27.0 Å². The van der Waals surface area contributed by atoms with Crippen molar-refractivity contribution in [3.05, 3.63) is 71.8 Å². The second kappa shape index (κ2) is 8.53. The van der Waals surface area contributed by atoms with E-state index in [9.17, 15) is 19.2 Å². The molecule has 0 radical (unpaired) electrons. The Bertz CT molecular complexity index is 1500. The molecule has 3 N–H and O–H groups in total. The van der Waals surface area contributed by atoms with Crippen molar-refractivity contribution in [1.82, 2.24) is 15.2 Å². The van der Waals surface area contributed by atoms with Crippen molar-refractivity contribution in [1.29, 1.82) is 5.26 Å². The number of fused-ring (bicyclic) bond motifs is 1. The molecule has 5 rings (SSSR count). The van der Waals surface area contributed by atoms with Crippen molar-refractivity contribution in [2.75, 3.05) is 10.6 Å². The van der Waals surface area contributed by atoms with E-state index in [1.54, 1.807) is 24.4 Å². The maximum atomic E-state index is 13.1. The first-order valence-electron chi connectivity index (χ1n) is 10.8. The van der Waals surface area contributed by atoms with Gasteiger partial charge in [0.15, 0.2) is 5.65 Å². The first kappa shape index (κ1) is 22.0. The number of hydrogen-bond acceptors (Lipinski definition) is 6. The number of benzene rings is 2. The van der Waals surface area contributed by atoms with Gasteiger partial charge in [0.05, 0.1) is 10.9 Å². The number of amides is 2. The number of anilines is 2. The Kier molecular flexibility index (Phi) is 5.37. The number of pyridine rings is 1. The Balaban J connectivity index is 1.32. The van der Waals surface area contributed by atoms with Crippen molar-refractivity contribution in [2.45, 2.75) is 19.8 Å².